The Bertz CT molecular complexity index is 522. The second kappa shape index (κ2) is 5.32. The number of benzene rings is 1. The van der Waals surface area contributed by atoms with E-state index >= 15 is 0 Å². The lowest BCUT2D eigenvalue weighted by Crippen LogP contribution is -1.98. The molecule has 0 bridgehead atoms. The molecule has 1 saturated carbocycles. The number of carbonyl (C=O) groups excluding carboxylic acids is 2. The number of hydrogen-bond acceptors (Lipinski definition) is 3. The maximum absolute atomic E-state index is 8.12. The zero-order valence-electron chi connectivity index (χ0n) is 9.31. The van der Waals surface area contributed by atoms with E-state index in [0.29, 0.717) is 0 Å². The van der Waals surface area contributed by atoms with Gasteiger partial charge in [-0.1, -0.05) is 0 Å². The van der Waals surface area contributed by atoms with Gasteiger partial charge in [0.15, 0.2) is 0 Å². The van der Waals surface area contributed by atoms with Crippen LogP contribution in [0, 0.1) is 5.92 Å². The summed E-state index contributed by atoms with van der Waals surface area (Å²) in [6, 6.07) is 8.26. The van der Waals surface area contributed by atoms with E-state index in [4.69, 9.17) is 14.3 Å². The van der Waals surface area contributed by atoms with Crippen molar-refractivity contribution in [3.8, 4) is 5.75 Å². The summed E-state index contributed by atoms with van der Waals surface area (Å²) in [5.41, 5.74) is 1.17. The van der Waals surface area contributed by atoms with E-state index in [0.717, 1.165) is 18.3 Å². The lowest BCUT2D eigenvalue weighted by atomic mass is 10.2. The van der Waals surface area contributed by atoms with Gasteiger partial charge >= 0.3 is 6.15 Å². The molecule has 4 heteroatoms. The molecule has 1 N–H and O–H groups in total. The number of H-pyrrole nitrogens is 1. The van der Waals surface area contributed by atoms with E-state index in [-0.39, 0.29) is 6.15 Å². The number of aromatic nitrogens is 1. The number of aromatic amines is 1. The van der Waals surface area contributed by atoms with Gasteiger partial charge in [-0.15, -0.1) is 0 Å². The Morgan fingerprint density at radius 2 is 2.06 bits per heavy atom. The molecule has 1 aromatic carbocycles. The van der Waals surface area contributed by atoms with Gasteiger partial charge in [-0.05, 0) is 43.0 Å². The number of rotatable bonds is 3. The molecule has 1 aliphatic rings. The second-order valence-corrected chi connectivity index (χ2v) is 4.06. The monoisotopic (exact) mass is 231 g/mol. The van der Waals surface area contributed by atoms with Crippen LogP contribution in [0.4, 0.5) is 0 Å². The Morgan fingerprint density at radius 1 is 1.29 bits per heavy atom. The van der Waals surface area contributed by atoms with Crippen LogP contribution >= 0.6 is 0 Å². The van der Waals surface area contributed by atoms with Crippen LogP contribution in [0.25, 0.3) is 10.9 Å². The fraction of sp³-hybridized carbons (Fsp3) is 0.308. The predicted octanol–water partition coefficient (Wildman–Crippen LogP) is 2.37. The van der Waals surface area contributed by atoms with Gasteiger partial charge in [-0.2, -0.15) is 9.59 Å². The highest BCUT2D eigenvalue weighted by Gasteiger charge is 2.21. The molecule has 0 aliphatic heterocycles. The molecule has 4 nitrogen and oxygen atoms in total. The number of hydrogen-bond donors (Lipinski definition) is 1. The van der Waals surface area contributed by atoms with E-state index in [1.165, 1.54) is 23.7 Å². The molecule has 0 atom stereocenters. The summed E-state index contributed by atoms with van der Waals surface area (Å²) >= 11 is 0. The standard InChI is InChI=1S/C12H13NO.CO2/c1-2-9(1)8-14-11-3-4-12-10(7-11)5-6-13-12;2-1-3/h3-7,9,13H,1-2,8H2;. The number of ether oxygens (including phenoxy) is 1. The summed E-state index contributed by atoms with van der Waals surface area (Å²) in [5, 5.41) is 1.22. The molecule has 0 saturated heterocycles. The van der Waals surface area contributed by atoms with Crippen molar-refractivity contribution in [3.63, 3.8) is 0 Å². The van der Waals surface area contributed by atoms with Crippen molar-refractivity contribution in [1.82, 2.24) is 4.98 Å². The van der Waals surface area contributed by atoms with Crippen molar-refractivity contribution in [2.75, 3.05) is 6.61 Å². The lowest BCUT2D eigenvalue weighted by molar-refractivity contribution is -0.191. The Balaban J connectivity index is 0.000000329. The summed E-state index contributed by atoms with van der Waals surface area (Å²) in [6.07, 6.45) is 4.88. The van der Waals surface area contributed by atoms with Crippen LogP contribution in [0.5, 0.6) is 5.75 Å². The summed E-state index contributed by atoms with van der Waals surface area (Å²) in [6.45, 7) is 0.885. The van der Waals surface area contributed by atoms with Crippen LogP contribution < -0.4 is 4.74 Å². The topological polar surface area (TPSA) is 59.2 Å². The fourth-order valence-corrected chi connectivity index (χ4v) is 1.62. The maximum atomic E-state index is 8.12. The molecule has 1 heterocycles. The third-order valence-corrected chi connectivity index (χ3v) is 2.71. The molecule has 1 aromatic heterocycles. The van der Waals surface area contributed by atoms with Crippen molar-refractivity contribution < 1.29 is 14.3 Å². The quantitative estimate of drug-likeness (QED) is 0.882. The minimum Gasteiger partial charge on any atom is -0.493 e. The Morgan fingerprint density at radius 3 is 2.76 bits per heavy atom. The van der Waals surface area contributed by atoms with Gasteiger partial charge in [-0.3, -0.25) is 0 Å². The smallest absolute Gasteiger partial charge is 0.373 e. The van der Waals surface area contributed by atoms with E-state index < -0.39 is 0 Å². The Kier molecular flexibility index (Phi) is 3.58. The third-order valence-electron chi connectivity index (χ3n) is 2.71. The molecular formula is C13H13NO3. The van der Waals surface area contributed by atoms with Gasteiger partial charge in [0, 0.05) is 17.1 Å². The minimum absolute atomic E-state index is 0.250. The summed E-state index contributed by atoms with van der Waals surface area (Å²) in [7, 11) is 0. The van der Waals surface area contributed by atoms with Gasteiger partial charge < -0.3 is 9.72 Å². The van der Waals surface area contributed by atoms with E-state index in [2.05, 4.69) is 23.2 Å². The summed E-state index contributed by atoms with van der Waals surface area (Å²) in [5.74, 6) is 1.81. The van der Waals surface area contributed by atoms with E-state index in [1.807, 2.05) is 12.3 Å². The molecule has 0 unspecified atom stereocenters. The van der Waals surface area contributed by atoms with Crippen LogP contribution in [-0.4, -0.2) is 17.7 Å². The molecule has 0 radical (unpaired) electrons. The van der Waals surface area contributed by atoms with Crippen molar-refractivity contribution in [1.29, 1.82) is 0 Å². The molecule has 0 spiro atoms. The first kappa shape index (κ1) is 11.4. The van der Waals surface area contributed by atoms with Crippen molar-refractivity contribution in [2.24, 2.45) is 5.92 Å². The van der Waals surface area contributed by atoms with Crippen molar-refractivity contribution >= 4 is 17.1 Å². The van der Waals surface area contributed by atoms with Gasteiger partial charge in [-0.25, -0.2) is 0 Å². The number of fused-ring (bicyclic) bond motifs is 1. The molecule has 0 amide bonds. The highest BCUT2D eigenvalue weighted by atomic mass is 16.5. The largest absolute Gasteiger partial charge is 0.493 e. The van der Waals surface area contributed by atoms with Gasteiger partial charge in [0.1, 0.15) is 5.75 Å². The molecular weight excluding hydrogens is 218 g/mol. The lowest BCUT2D eigenvalue weighted by Gasteiger charge is -2.04. The predicted molar refractivity (Wildman–Crippen MR) is 61.5 cm³/mol. The van der Waals surface area contributed by atoms with Crippen LogP contribution in [0.1, 0.15) is 12.8 Å². The van der Waals surface area contributed by atoms with E-state index in [9.17, 15) is 0 Å². The van der Waals surface area contributed by atoms with Crippen molar-refractivity contribution in [2.45, 2.75) is 12.8 Å². The minimum atomic E-state index is 0.250. The Hall–Kier alpha value is -2.06. The highest BCUT2D eigenvalue weighted by Crippen LogP contribution is 2.30. The summed E-state index contributed by atoms with van der Waals surface area (Å²) < 4.78 is 5.69. The maximum Gasteiger partial charge on any atom is 0.373 e. The van der Waals surface area contributed by atoms with Crippen LogP contribution in [0.2, 0.25) is 0 Å². The van der Waals surface area contributed by atoms with Gasteiger partial charge in [0.25, 0.3) is 0 Å². The Labute approximate surface area is 98.6 Å². The molecule has 1 fully saturated rings. The first-order valence-corrected chi connectivity index (χ1v) is 5.52. The second-order valence-electron chi connectivity index (χ2n) is 4.06. The number of nitrogens with one attached hydrogen (secondary N) is 1. The zero-order chi connectivity index (χ0) is 12.1. The molecule has 1 aliphatic carbocycles. The van der Waals surface area contributed by atoms with E-state index in [1.54, 1.807) is 0 Å². The SMILES string of the molecule is O=C=O.c1cc2cc(OCC3CC3)ccc2[nH]1. The first-order valence-electron chi connectivity index (χ1n) is 5.52. The van der Waals surface area contributed by atoms with Gasteiger partial charge in [0.05, 0.1) is 6.61 Å². The first-order chi connectivity index (χ1) is 8.33. The molecule has 3 rings (SSSR count). The normalized spacial score (nSPS) is 13.6. The third kappa shape index (κ3) is 3.20. The average molecular weight is 231 g/mol. The summed E-state index contributed by atoms with van der Waals surface area (Å²) in [4.78, 5) is 19.4. The van der Waals surface area contributed by atoms with Crippen LogP contribution in [0.15, 0.2) is 30.5 Å². The molecule has 2 aromatic rings. The molecule has 17 heavy (non-hydrogen) atoms. The van der Waals surface area contributed by atoms with Gasteiger partial charge in [0.2, 0.25) is 0 Å². The average Bonchev–Trinajstić information content (AvgIpc) is 3.04. The molecule has 88 valence electrons. The highest BCUT2D eigenvalue weighted by molar-refractivity contribution is 5.80. The van der Waals surface area contributed by atoms with Crippen LogP contribution in [0.3, 0.4) is 0 Å². The van der Waals surface area contributed by atoms with Crippen LogP contribution in [-0.2, 0) is 9.59 Å². The fourth-order valence-electron chi connectivity index (χ4n) is 1.62. The zero-order valence-corrected chi connectivity index (χ0v) is 9.31. The van der Waals surface area contributed by atoms with Crippen molar-refractivity contribution in [3.05, 3.63) is 30.5 Å².